The van der Waals surface area contributed by atoms with Gasteiger partial charge in [0.2, 0.25) is 16.8 Å². The van der Waals surface area contributed by atoms with Crippen molar-refractivity contribution in [3.05, 3.63) is 66.0 Å². The Kier molecular flexibility index (Phi) is 4.70. The average Bonchev–Trinajstić information content (AvgIpc) is 3.13. The Morgan fingerprint density at radius 2 is 1.37 bits per heavy atom. The summed E-state index contributed by atoms with van der Waals surface area (Å²) in [6, 6.07) is 11.3. The summed E-state index contributed by atoms with van der Waals surface area (Å²) in [4.78, 5) is -0.116. The SMILES string of the molecule is NS(=O)(=O)c1ccc(-c2cc3c(cc2-c2ccc(F)c(C(F)(F)F)c2)OCO3)cc1. The predicted molar refractivity (Wildman–Crippen MR) is 99.8 cm³/mol. The van der Waals surface area contributed by atoms with Gasteiger partial charge in [0.05, 0.1) is 10.5 Å². The Morgan fingerprint density at radius 3 is 1.90 bits per heavy atom. The molecule has 2 N–H and O–H groups in total. The summed E-state index contributed by atoms with van der Waals surface area (Å²) >= 11 is 0. The third-order valence-corrected chi connectivity index (χ3v) is 5.52. The van der Waals surface area contributed by atoms with E-state index in [1.54, 1.807) is 6.07 Å². The van der Waals surface area contributed by atoms with E-state index >= 15 is 0 Å². The van der Waals surface area contributed by atoms with E-state index in [0.717, 1.165) is 12.1 Å². The summed E-state index contributed by atoms with van der Waals surface area (Å²) in [6.07, 6.45) is -4.87. The fourth-order valence-corrected chi connectivity index (χ4v) is 3.67. The van der Waals surface area contributed by atoms with E-state index in [-0.39, 0.29) is 17.3 Å². The van der Waals surface area contributed by atoms with Gasteiger partial charge in [-0.15, -0.1) is 0 Å². The van der Waals surface area contributed by atoms with Crippen molar-refractivity contribution in [3.8, 4) is 33.8 Å². The lowest BCUT2D eigenvalue weighted by Gasteiger charge is -2.15. The van der Waals surface area contributed by atoms with Crippen LogP contribution >= 0.6 is 0 Å². The third-order valence-electron chi connectivity index (χ3n) is 4.59. The van der Waals surface area contributed by atoms with E-state index in [0.29, 0.717) is 28.2 Å². The van der Waals surface area contributed by atoms with E-state index in [9.17, 15) is 26.0 Å². The Balaban J connectivity index is 1.91. The molecule has 0 saturated heterocycles. The second-order valence-electron chi connectivity index (χ2n) is 6.51. The maximum Gasteiger partial charge on any atom is 0.419 e. The Hall–Kier alpha value is -3.11. The van der Waals surface area contributed by atoms with Crippen molar-refractivity contribution in [2.24, 2.45) is 5.14 Å². The first-order chi connectivity index (χ1) is 14.0. The molecule has 3 aromatic rings. The number of hydrogen-bond donors (Lipinski definition) is 1. The molecular weight excluding hydrogens is 426 g/mol. The van der Waals surface area contributed by atoms with E-state index in [1.165, 1.54) is 36.4 Å². The number of benzene rings is 3. The predicted octanol–water partition coefficient (Wildman–Crippen LogP) is 4.55. The molecule has 10 heteroatoms. The molecule has 0 saturated carbocycles. The summed E-state index contributed by atoms with van der Waals surface area (Å²) < 4.78 is 87.0. The second kappa shape index (κ2) is 6.99. The van der Waals surface area contributed by atoms with Crippen molar-refractivity contribution in [1.29, 1.82) is 0 Å². The Labute approximate surface area is 168 Å². The zero-order valence-corrected chi connectivity index (χ0v) is 15.9. The van der Waals surface area contributed by atoms with Crippen LogP contribution in [0.25, 0.3) is 22.3 Å². The molecule has 0 radical (unpaired) electrons. The molecule has 0 spiro atoms. The van der Waals surface area contributed by atoms with Crippen LogP contribution < -0.4 is 14.6 Å². The quantitative estimate of drug-likeness (QED) is 0.607. The van der Waals surface area contributed by atoms with Gasteiger partial charge in [0.25, 0.3) is 0 Å². The molecule has 1 aliphatic rings. The molecule has 3 aromatic carbocycles. The molecule has 0 atom stereocenters. The number of sulfonamides is 1. The van der Waals surface area contributed by atoms with Gasteiger partial charge in [0.15, 0.2) is 11.5 Å². The molecule has 30 heavy (non-hydrogen) atoms. The van der Waals surface area contributed by atoms with E-state index in [4.69, 9.17) is 14.6 Å². The lowest BCUT2D eigenvalue weighted by molar-refractivity contribution is -0.139. The summed E-state index contributed by atoms with van der Waals surface area (Å²) in [7, 11) is -3.91. The first-order valence-corrected chi connectivity index (χ1v) is 10.0. The second-order valence-corrected chi connectivity index (χ2v) is 8.07. The van der Waals surface area contributed by atoms with Crippen LogP contribution in [0.4, 0.5) is 17.6 Å². The number of ether oxygens (including phenoxy) is 2. The molecule has 0 bridgehead atoms. The van der Waals surface area contributed by atoms with Crippen LogP contribution in [0.15, 0.2) is 59.5 Å². The van der Waals surface area contributed by atoms with Gasteiger partial charge in [0, 0.05) is 0 Å². The van der Waals surface area contributed by atoms with Gasteiger partial charge in [-0.05, 0) is 58.7 Å². The molecule has 0 amide bonds. The van der Waals surface area contributed by atoms with Gasteiger partial charge in [0.1, 0.15) is 5.82 Å². The van der Waals surface area contributed by atoms with Crippen molar-refractivity contribution in [1.82, 2.24) is 0 Å². The molecule has 0 fully saturated rings. The molecule has 5 nitrogen and oxygen atoms in total. The monoisotopic (exact) mass is 439 g/mol. The lowest BCUT2D eigenvalue weighted by Crippen LogP contribution is -2.11. The van der Waals surface area contributed by atoms with Gasteiger partial charge >= 0.3 is 6.18 Å². The van der Waals surface area contributed by atoms with Crippen LogP contribution in [0.5, 0.6) is 11.5 Å². The highest BCUT2D eigenvalue weighted by Gasteiger charge is 2.34. The van der Waals surface area contributed by atoms with Crippen LogP contribution in [0.2, 0.25) is 0 Å². The number of halogens is 4. The largest absolute Gasteiger partial charge is 0.454 e. The fraction of sp³-hybridized carbons (Fsp3) is 0.100. The standard InChI is InChI=1S/C20H13F4NO4S/c21-17-6-3-12(7-16(17)20(22,23)24)15-9-19-18(28-10-29-19)8-14(15)11-1-4-13(5-2-11)30(25,26)27/h1-9H,10H2,(H2,25,26,27). The minimum absolute atomic E-state index is 0.0558. The average molecular weight is 439 g/mol. The van der Waals surface area contributed by atoms with Crippen LogP contribution in [0.3, 0.4) is 0 Å². The summed E-state index contributed by atoms with van der Waals surface area (Å²) in [5.41, 5.74) is -0.0256. The highest BCUT2D eigenvalue weighted by Crippen LogP contribution is 2.44. The Bertz CT molecular complexity index is 1240. The lowest BCUT2D eigenvalue weighted by atomic mass is 9.93. The van der Waals surface area contributed by atoms with Gasteiger partial charge < -0.3 is 9.47 Å². The zero-order chi connectivity index (χ0) is 21.7. The van der Waals surface area contributed by atoms with Crippen LogP contribution in [-0.2, 0) is 16.2 Å². The normalized spacial score (nSPS) is 13.5. The van der Waals surface area contributed by atoms with Gasteiger partial charge in [-0.2, -0.15) is 13.2 Å². The number of hydrogen-bond acceptors (Lipinski definition) is 4. The third kappa shape index (κ3) is 3.71. The van der Waals surface area contributed by atoms with Crippen molar-refractivity contribution < 1.29 is 35.5 Å². The summed E-state index contributed by atoms with van der Waals surface area (Å²) in [6.45, 7) is -0.0558. The molecular formula is C20H13F4NO4S. The minimum Gasteiger partial charge on any atom is -0.454 e. The maximum absolute atomic E-state index is 13.7. The smallest absolute Gasteiger partial charge is 0.419 e. The number of nitrogens with two attached hydrogens (primary N) is 1. The van der Waals surface area contributed by atoms with E-state index < -0.39 is 27.6 Å². The fourth-order valence-electron chi connectivity index (χ4n) is 3.15. The first-order valence-electron chi connectivity index (χ1n) is 8.48. The van der Waals surface area contributed by atoms with E-state index in [1.807, 2.05) is 0 Å². The molecule has 0 aromatic heterocycles. The molecule has 0 aliphatic carbocycles. The number of primary sulfonamides is 1. The van der Waals surface area contributed by atoms with E-state index in [2.05, 4.69) is 0 Å². The van der Waals surface area contributed by atoms with Crippen LogP contribution in [0.1, 0.15) is 5.56 Å². The molecule has 1 heterocycles. The Morgan fingerprint density at radius 1 is 0.833 bits per heavy atom. The number of rotatable bonds is 3. The number of fused-ring (bicyclic) bond motifs is 1. The molecule has 156 valence electrons. The summed E-state index contributed by atoms with van der Waals surface area (Å²) in [5.74, 6) is -0.679. The topological polar surface area (TPSA) is 78.6 Å². The van der Waals surface area contributed by atoms with Crippen molar-refractivity contribution >= 4 is 10.0 Å². The van der Waals surface area contributed by atoms with Crippen LogP contribution in [-0.4, -0.2) is 15.2 Å². The van der Waals surface area contributed by atoms with Gasteiger partial charge in [-0.1, -0.05) is 18.2 Å². The van der Waals surface area contributed by atoms with Gasteiger partial charge in [-0.25, -0.2) is 17.9 Å². The molecule has 0 unspecified atom stereocenters. The van der Waals surface area contributed by atoms with Crippen molar-refractivity contribution in [3.63, 3.8) is 0 Å². The summed E-state index contributed by atoms with van der Waals surface area (Å²) in [5, 5.41) is 5.11. The van der Waals surface area contributed by atoms with Gasteiger partial charge in [-0.3, -0.25) is 0 Å². The highest BCUT2D eigenvalue weighted by atomic mass is 32.2. The minimum atomic E-state index is -4.87. The number of alkyl halides is 3. The molecule has 1 aliphatic heterocycles. The van der Waals surface area contributed by atoms with Crippen molar-refractivity contribution in [2.45, 2.75) is 11.1 Å². The maximum atomic E-state index is 13.7. The first kappa shape index (κ1) is 20.2. The van der Waals surface area contributed by atoms with Crippen molar-refractivity contribution in [2.75, 3.05) is 6.79 Å². The van der Waals surface area contributed by atoms with Crippen LogP contribution in [0, 0.1) is 5.82 Å². The highest BCUT2D eigenvalue weighted by molar-refractivity contribution is 7.89. The zero-order valence-electron chi connectivity index (χ0n) is 15.0. The molecule has 4 rings (SSSR count).